The van der Waals surface area contributed by atoms with Crippen LogP contribution in [0.3, 0.4) is 0 Å². The summed E-state index contributed by atoms with van der Waals surface area (Å²) < 4.78 is 0. The average molecular weight is 490 g/mol. The molecule has 2 saturated carbocycles. The molecule has 1 aliphatic heterocycles. The molecular weight excluding hydrogens is 457 g/mol. The van der Waals surface area contributed by atoms with Crippen molar-refractivity contribution in [1.82, 2.24) is 9.88 Å². The first-order chi connectivity index (χ1) is 15.6. The number of nitrogens with zero attached hydrogens (tertiary/aromatic N) is 2. The molecule has 2 heterocycles. The number of hydrogen-bond acceptors (Lipinski definition) is 3. The Labute approximate surface area is 206 Å². The molecule has 1 aromatic rings. The summed E-state index contributed by atoms with van der Waals surface area (Å²) in [5.41, 5.74) is 1.20. The van der Waals surface area contributed by atoms with Crippen molar-refractivity contribution >= 4 is 40.8 Å². The minimum atomic E-state index is -0.0281. The Morgan fingerprint density at radius 2 is 1.97 bits per heavy atom. The third-order valence-electron chi connectivity index (χ3n) is 9.66. The van der Waals surface area contributed by atoms with Crippen molar-refractivity contribution in [2.75, 3.05) is 12.4 Å². The number of halogens is 2. The van der Waals surface area contributed by atoms with E-state index in [9.17, 15) is 9.59 Å². The van der Waals surface area contributed by atoms with Crippen LogP contribution < -0.4 is 5.32 Å². The Hall–Kier alpha value is -1.59. The smallest absolute Gasteiger partial charge is 0.226 e. The number of allylic oxidation sites excluding steroid dienone is 2. The van der Waals surface area contributed by atoms with Crippen molar-refractivity contribution in [3.05, 3.63) is 34.1 Å². The van der Waals surface area contributed by atoms with Gasteiger partial charge in [0.25, 0.3) is 0 Å². The third-order valence-corrected chi connectivity index (χ3v) is 10.2. The average Bonchev–Trinajstić information content (AvgIpc) is 3.09. The fraction of sp³-hybridized carbons (Fsp3) is 0.654. The van der Waals surface area contributed by atoms with E-state index in [1.165, 1.54) is 0 Å². The molecule has 0 aromatic carbocycles. The van der Waals surface area contributed by atoms with Gasteiger partial charge in [0.05, 0.1) is 5.02 Å². The Kier molecular flexibility index (Phi) is 5.80. The van der Waals surface area contributed by atoms with Crippen LogP contribution in [0.5, 0.6) is 0 Å². The number of rotatable bonds is 3. The zero-order chi connectivity index (χ0) is 23.5. The normalized spacial score (nSPS) is 38.0. The number of aromatic nitrogens is 1. The summed E-state index contributed by atoms with van der Waals surface area (Å²) in [6, 6.07) is 3.48. The molecule has 1 saturated heterocycles. The SMILES string of the molecule is CN1C(=O)CC[C@@]2(C)C1=C(Cl)CC1C2CC[C@]2(C)[C@@H](CC(=O)Nc3ccc(Cl)cn3)CC[C@@H]12. The van der Waals surface area contributed by atoms with E-state index in [1.807, 2.05) is 11.9 Å². The quantitative estimate of drug-likeness (QED) is 0.546. The third kappa shape index (κ3) is 3.70. The van der Waals surface area contributed by atoms with E-state index in [0.29, 0.717) is 47.4 Å². The van der Waals surface area contributed by atoms with E-state index < -0.39 is 0 Å². The van der Waals surface area contributed by atoms with Crippen molar-refractivity contribution in [3.8, 4) is 0 Å². The van der Waals surface area contributed by atoms with Gasteiger partial charge < -0.3 is 10.2 Å². The van der Waals surface area contributed by atoms with E-state index in [-0.39, 0.29) is 22.6 Å². The van der Waals surface area contributed by atoms with Gasteiger partial charge in [-0.05, 0) is 79.7 Å². The van der Waals surface area contributed by atoms with Gasteiger partial charge in [0.2, 0.25) is 11.8 Å². The molecule has 7 heteroatoms. The minimum absolute atomic E-state index is 0.0281. The van der Waals surface area contributed by atoms with Gasteiger partial charge in [0, 0.05) is 42.2 Å². The van der Waals surface area contributed by atoms with Crippen LogP contribution in [0.2, 0.25) is 5.02 Å². The first-order valence-corrected chi connectivity index (χ1v) is 13.0. The minimum Gasteiger partial charge on any atom is -0.318 e. The summed E-state index contributed by atoms with van der Waals surface area (Å²) >= 11 is 12.8. The molecule has 3 fully saturated rings. The van der Waals surface area contributed by atoms with Crippen molar-refractivity contribution in [1.29, 1.82) is 0 Å². The lowest BCUT2D eigenvalue weighted by Crippen LogP contribution is -2.54. The van der Waals surface area contributed by atoms with Crippen molar-refractivity contribution < 1.29 is 9.59 Å². The van der Waals surface area contributed by atoms with Crippen molar-refractivity contribution in [2.24, 2.45) is 34.5 Å². The van der Waals surface area contributed by atoms with Gasteiger partial charge >= 0.3 is 0 Å². The highest BCUT2D eigenvalue weighted by Gasteiger charge is 2.60. The van der Waals surface area contributed by atoms with Crippen LogP contribution in [0.4, 0.5) is 5.82 Å². The molecule has 0 bridgehead atoms. The van der Waals surface area contributed by atoms with Crippen LogP contribution in [0.15, 0.2) is 29.1 Å². The zero-order valence-corrected chi connectivity index (χ0v) is 21.2. The molecule has 178 valence electrons. The number of pyridine rings is 1. The number of fused-ring (bicyclic) bond motifs is 5. The molecule has 33 heavy (non-hydrogen) atoms. The topological polar surface area (TPSA) is 62.3 Å². The largest absolute Gasteiger partial charge is 0.318 e. The highest BCUT2D eigenvalue weighted by molar-refractivity contribution is 6.30. The van der Waals surface area contributed by atoms with Crippen molar-refractivity contribution in [3.63, 3.8) is 0 Å². The van der Waals surface area contributed by atoms with E-state index in [1.54, 1.807) is 18.3 Å². The van der Waals surface area contributed by atoms with Gasteiger partial charge in [-0.25, -0.2) is 4.98 Å². The lowest BCUT2D eigenvalue weighted by Gasteiger charge is -2.59. The van der Waals surface area contributed by atoms with Gasteiger partial charge in [0.15, 0.2) is 0 Å². The molecule has 6 atom stereocenters. The summed E-state index contributed by atoms with van der Waals surface area (Å²) in [5.74, 6) is 2.77. The molecule has 4 aliphatic rings. The lowest BCUT2D eigenvalue weighted by molar-refractivity contribution is -0.136. The Morgan fingerprint density at radius 3 is 2.70 bits per heavy atom. The fourth-order valence-corrected chi connectivity index (χ4v) is 8.62. The summed E-state index contributed by atoms with van der Waals surface area (Å²) in [5, 5.41) is 4.39. The van der Waals surface area contributed by atoms with Crippen LogP contribution in [0.25, 0.3) is 0 Å². The molecule has 3 aliphatic carbocycles. The van der Waals surface area contributed by atoms with Crippen LogP contribution in [0.1, 0.15) is 65.2 Å². The first-order valence-electron chi connectivity index (χ1n) is 12.2. The van der Waals surface area contributed by atoms with Gasteiger partial charge in [-0.2, -0.15) is 0 Å². The Balaban J connectivity index is 1.34. The summed E-state index contributed by atoms with van der Waals surface area (Å²) in [4.78, 5) is 31.3. The molecule has 5 rings (SSSR count). The highest BCUT2D eigenvalue weighted by atomic mass is 35.5. The van der Waals surface area contributed by atoms with E-state index in [4.69, 9.17) is 23.2 Å². The molecule has 2 amide bonds. The first kappa shape index (κ1) is 23.2. The number of carbonyl (C=O) groups excluding carboxylic acids is 2. The predicted octanol–water partition coefficient (Wildman–Crippen LogP) is 6.23. The van der Waals surface area contributed by atoms with Crippen LogP contribution >= 0.6 is 23.2 Å². The van der Waals surface area contributed by atoms with Gasteiger partial charge in [-0.1, -0.05) is 37.0 Å². The maximum Gasteiger partial charge on any atom is 0.226 e. The number of piperidine rings is 1. The number of nitrogens with one attached hydrogen (secondary N) is 1. The molecule has 1 N–H and O–H groups in total. The molecule has 2 unspecified atom stereocenters. The highest BCUT2D eigenvalue weighted by Crippen LogP contribution is 2.67. The van der Waals surface area contributed by atoms with Gasteiger partial charge in [0.1, 0.15) is 5.82 Å². The number of hydrogen-bond donors (Lipinski definition) is 1. The predicted molar refractivity (Wildman–Crippen MR) is 131 cm³/mol. The lowest BCUT2D eigenvalue weighted by atomic mass is 9.49. The fourth-order valence-electron chi connectivity index (χ4n) is 7.99. The van der Waals surface area contributed by atoms with Crippen LogP contribution in [-0.2, 0) is 9.59 Å². The zero-order valence-electron chi connectivity index (χ0n) is 19.7. The second-order valence-corrected chi connectivity index (χ2v) is 12.0. The number of anilines is 1. The molecule has 1 aromatic heterocycles. The molecule has 0 spiro atoms. The molecular formula is C26H33Cl2N3O2. The number of carbonyl (C=O) groups is 2. The van der Waals surface area contributed by atoms with Gasteiger partial charge in [-0.3, -0.25) is 9.59 Å². The summed E-state index contributed by atoms with van der Waals surface area (Å²) in [7, 11) is 1.89. The van der Waals surface area contributed by atoms with Crippen LogP contribution in [0, 0.1) is 34.5 Å². The van der Waals surface area contributed by atoms with Crippen molar-refractivity contribution in [2.45, 2.75) is 65.2 Å². The maximum absolute atomic E-state index is 12.9. The van der Waals surface area contributed by atoms with Crippen LogP contribution in [-0.4, -0.2) is 28.7 Å². The van der Waals surface area contributed by atoms with Gasteiger partial charge in [-0.15, -0.1) is 0 Å². The monoisotopic (exact) mass is 489 g/mol. The van der Waals surface area contributed by atoms with E-state index >= 15 is 0 Å². The van der Waals surface area contributed by atoms with E-state index in [2.05, 4.69) is 24.1 Å². The standard InChI is InChI=1S/C26H33Cl2N3O2/c1-25-10-8-19-17(13-20(28)24-26(19,2)11-9-23(33)31(24)3)18(25)6-4-15(25)12-22(32)30-21-7-5-16(27)14-29-21/h5,7,14-15,17-19H,4,6,8-13H2,1-3H3,(H,29,30,32)/t15-,17?,18+,19?,25-,26-/m1/s1. The molecule has 5 nitrogen and oxygen atoms in total. The Bertz CT molecular complexity index is 1010. The molecule has 0 radical (unpaired) electrons. The second kappa shape index (κ2) is 8.27. The van der Waals surface area contributed by atoms with E-state index in [0.717, 1.165) is 49.3 Å². The summed E-state index contributed by atoms with van der Waals surface area (Å²) in [6.07, 6.45) is 8.94. The summed E-state index contributed by atoms with van der Waals surface area (Å²) in [6.45, 7) is 4.75. The maximum atomic E-state index is 12.9. The Morgan fingerprint density at radius 1 is 1.18 bits per heavy atom. The number of likely N-dealkylation sites (tertiary alicyclic amines) is 1. The number of amides is 2. The second-order valence-electron chi connectivity index (χ2n) is 11.1.